The van der Waals surface area contributed by atoms with Crippen molar-refractivity contribution >= 4 is 0 Å². The molecule has 0 saturated carbocycles. The maximum absolute atomic E-state index is 13.0. The van der Waals surface area contributed by atoms with Crippen molar-refractivity contribution in [2.24, 2.45) is 7.05 Å². The van der Waals surface area contributed by atoms with Crippen LogP contribution >= 0.6 is 0 Å². The molecule has 1 aliphatic rings. The molecule has 2 aromatic heterocycles. The molecule has 1 atom stereocenters. The topological polar surface area (TPSA) is 60.0 Å². The summed E-state index contributed by atoms with van der Waals surface area (Å²) in [5, 5.41) is 4.06. The van der Waals surface area contributed by atoms with E-state index in [1.165, 1.54) is 12.1 Å². The lowest BCUT2D eigenvalue weighted by molar-refractivity contribution is 0.175. The first kappa shape index (κ1) is 16.0. The van der Waals surface area contributed by atoms with E-state index in [4.69, 9.17) is 4.52 Å². The minimum Gasteiger partial charge on any atom is -0.339 e. The fourth-order valence-electron chi connectivity index (χ4n) is 3.27. The summed E-state index contributed by atoms with van der Waals surface area (Å²) in [5.74, 6) is 2.17. The van der Waals surface area contributed by atoms with Crippen molar-refractivity contribution < 1.29 is 8.91 Å². The van der Waals surface area contributed by atoms with Crippen LogP contribution in [0.2, 0.25) is 0 Å². The number of nitrogens with zero attached hydrogens (tertiary/aromatic N) is 5. The Morgan fingerprint density at radius 2 is 2.12 bits per heavy atom. The molecule has 0 bridgehead atoms. The molecule has 3 heterocycles. The van der Waals surface area contributed by atoms with Gasteiger partial charge in [-0.3, -0.25) is 4.90 Å². The predicted octanol–water partition coefficient (Wildman–Crippen LogP) is 2.99. The summed E-state index contributed by atoms with van der Waals surface area (Å²) in [6.45, 7) is 2.74. The van der Waals surface area contributed by atoms with Crippen LogP contribution in [0.4, 0.5) is 4.39 Å². The number of halogens is 1. The molecule has 0 unspecified atom stereocenters. The number of aryl methyl sites for hydroxylation is 1. The van der Waals surface area contributed by atoms with E-state index >= 15 is 0 Å². The van der Waals surface area contributed by atoms with E-state index in [-0.39, 0.29) is 11.7 Å². The summed E-state index contributed by atoms with van der Waals surface area (Å²) in [6, 6.07) is 6.14. The largest absolute Gasteiger partial charge is 0.339 e. The highest BCUT2D eigenvalue weighted by molar-refractivity contribution is 5.53. The van der Waals surface area contributed by atoms with E-state index in [0.29, 0.717) is 11.7 Å². The number of benzene rings is 1. The van der Waals surface area contributed by atoms with E-state index in [1.807, 2.05) is 24.0 Å². The van der Waals surface area contributed by atoms with Gasteiger partial charge in [0.1, 0.15) is 11.6 Å². The highest BCUT2D eigenvalue weighted by atomic mass is 19.1. The second-order valence-electron chi connectivity index (χ2n) is 6.49. The normalized spacial score (nSPS) is 18.6. The van der Waals surface area contributed by atoms with E-state index < -0.39 is 0 Å². The average Bonchev–Trinajstić information content (AvgIpc) is 3.26. The van der Waals surface area contributed by atoms with Crippen LogP contribution in [0.1, 0.15) is 30.5 Å². The average molecular weight is 341 g/mol. The third-order valence-electron chi connectivity index (χ3n) is 4.68. The van der Waals surface area contributed by atoms with Gasteiger partial charge in [-0.15, -0.1) is 0 Å². The Morgan fingerprint density at radius 3 is 2.88 bits per heavy atom. The minimum absolute atomic E-state index is 0.218. The van der Waals surface area contributed by atoms with Gasteiger partial charge in [-0.05, 0) is 43.7 Å². The second kappa shape index (κ2) is 6.76. The zero-order chi connectivity index (χ0) is 17.2. The van der Waals surface area contributed by atoms with Crippen molar-refractivity contribution in [3.05, 3.63) is 54.2 Å². The molecule has 0 N–H and O–H groups in total. The molecule has 7 heteroatoms. The molecule has 0 spiro atoms. The Morgan fingerprint density at radius 1 is 1.28 bits per heavy atom. The van der Waals surface area contributed by atoms with Crippen LogP contribution in [0.3, 0.4) is 0 Å². The van der Waals surface area contributed by atoms with Gasteiger partial charge in [-0.25, -0.2) is 9.37 Å². The second-order valence-corrected chi connectivity index (χ2v) is 6.49. The Hall–Kier alpha value is -2.54. The van der Waals surface area contributed by atoms with Gasteiger partial charge in [0.2, 0.25) is 11.7 Å². The summed E-state index contributed by atoms with van der Waals surface area (Å²) in [6.07, 6.45) is 5.90. The fourth-order valence-corrected chi connectivity index (χ4v) is 3.27. The summed E-state index contributed by atoms with van der Waals surface area (Å²) < 4.78 is 20.6. The number of hydrogen-bond acceptors (Lipinski definition) is 5. The summed E-state index contributed by atoms with van der Waals surface area (Å²) >= 11 is 0. The summed E-state index contributed by atoms with van der Waals surface area (Å²) in [7, 11) is 2.01. The van der Waals surface area contributed by atoms with Crippen molar-refractivity contribution in [2.45, 2.75) is 25.3 Å². The van der Waals surface area contributed by atoms with Gasteiger partial charge < -0.3 is 9.09 Å². The van der Waals surface area contributed by atoms with Crippen LogP contribution in [0.15, 0.2) is 41.2 Å². The fraction of sp³-hybridized carbons (Fsp3) is 0.389. The molecule has 4 rings (SSSR count). The van der Waals surface area contributed by atoms with Gasteiger partial charge >= 0.3 is 0 Å². The van der Waals surface area contributed by atoms with Gasteiger partial charge in [0.05, 0.1) is 12.5 Å². The highest BCUT2D eigenvalue weighted by Gasteiger charge is 2.26. The number of piperidine rings is 1. The molecule has 0 radical (unpaired) electrons. The Balaban J connectivity index is 1.46. The van der Waals surface area contributed by atoms with E-state index in [2.05, 4.69) is 20.0 Å². The van der Waals surface area contributed by atoms with Crippen LogP contribution in [0.5, 0.6) is 0 Å². The van der Waals surface area contributed by atoms with Crippen LogP contribution in [0.25, 0.3) is 11.4 Å². The first-order valence-electron chi connectivity index (χ1n) is 8.47. The molecule has 1 fully saturated rings. The van der Waals surface area contributed by atoms with Crippen LogP contribution in [-0.4, -0.2) is 37.7 Å². The molecule has 3 aromatic rings. The van der Waals surface area contributed by atoms with E-state index in [1.54, 1.807) is 12.1 Å². The molecule has 0 amide bonds. The molecule has 25 heavy (non-hydrogen) atoms. The number of imidazole rings is 1. The number of likely N-dealkylation sites (tertiary alicyclic amines) is 1. The molecular formula is C18H20FN5O. The van der Waals surface area contributed by atoms with Gasteiger partial charge in [-0.2, -0.15) is 4.98 Å². The zero-order valence-corrected chi connectivity index (χ0v) is 14.1. The lowest BCUT2D eigenvalue weighted by atomic mass is 9.98. The summed E-state index contributed by atoms with van der Waals surface area (Å²) in [5.41, 5.74) is 0.761. The van der Waals surface area contributed by atoms with Crippen molar-refractivity contribution in [3.63, 3.8) is 0 Å². The Labute approximate surface area is 145 Å². The smallest absolute Gasteiger partial charge is 0.231 e. The standard InChI is InChI=1S/C18H20FN5O/c1-23-10-8-20-16(23)12-24-9-2-3-14(11-24)18-21-17(22-25-18)13-4-6-15(19)7-5-13/h4-8,10,14H,2-3,9,11-12H2,1H3/t14-/m0/s1. The Bertz CT molecular complexity index is 841. The lowest BCUT2D eigenvalue weighted by Crippen LogP contribution is -2.34. The molecular weight excluding hydrogens is 321 g/mol. The third kappa shape index (κ3) is 3.46. The van der Waals surface area contributed by atoms with Crippen LogP contribution < -0.4 is 0 Å². The van der Waals surface area contributed by atoms with Gasteiger partial charge in [0.25, 0.3) is 0 Å². The first-order valence-corrected chi connectivity index (χ1v) is 8.47. The highest BCUT2D eigenvalue weighted by Crippen LogP contribution is 2.28. The first-order chi connectivity index (χ1) is 12.2. The quantitative estimate of drug-likeness (QED) is 0.730. The van der Waals surface area contributed by atoms with E-state index in [0.717, 1.165) is 43.9 Å². The maximum atomic E-state index is 13.0. The monoisotopic (exact) mass is 341 g/mol. The molecule has 1 aromatic carbocycles. The summed E-state index contributed by atoms with van der Waals surface area (Å²) in [4.78, 5) is 11.3. The molecule has 130 valence electrons. The third-order valence-corrected chi connectivity index (χ3v) is 4.68. The van der Waals surface area contributed by atoms with Gasteiger partial charge in [-0.1, -0.05) is 5.16 Å². The minimum atomic E-state index is -0.273. The number of aromatic nitrogens is 4. The van der Waals surface area contributed by atoms with Crippen molar-refractivity contribution in [1.29, 1.82) is 0 Å². The molecule has 1 aliphatic heterocycles. The SMILES string of the molecule is Cn1ccnc1CN1CCC[C@H](c2nc(-c3ccc(F)cc3)no2)C1. The van der Waals surface area contributed by atoms with Crippen molar-refractivity contribution in [1.82, 2.24) is 24.6 Å². The van der Waals surface area contributed by atoms with Crippen molar-refractivity contribution in [3.8, 4) is 11.4 Å². The number of hydrogen-bond donors (Lipinski definition) is 0. The Kier molecular flexibility index (Phi) is 4.31. The van der Waals surface area contributed by atoms with Crippen molar-refractivity contribution in [2.75, 3.05) is 13.1 Å². The van der Waals surface area contributed by atoms with Crippen LogP contribution in [0, 0.1) is 5.82 Å². The lowest BCUT2D eigenvalue weighted by Gasteiger charge is -2.30. The predicted molar refractivity (Wildman–Crippen MR) is 90.2 cm³/mol. The molecule has 6 nitrogen and oxygen atoms in total. The molecule has 0 aliphatic carbocycles. The number of rotatable bonds is 4. The van der Waals surface area contributed by atoms with Crippen LogP contribution in [-0.2, 0) is 13.6 Å². The van der Waals surface area contributed by atoms with Gasteiger partial charge in [0.15, 0.2) is 0 Å². The maximum Gasteiger partial charge on any atom is 0.231 e. The molecule has 1 saturated heterocycles. The zero-order valence-electron chi connectivity index (χ0n) is 14.1. The van der Waals surface area contributed by atoms with Gasteiger partial charge in [0, 0.05) is 31.5 Å². The van der Waals surface area contributed by atoms with E-state index in [9.17, 15) is 4.39 Å².